The Labute approximate surface area is 90.3 Å². The first-order valence-electron chi connectivity index (χ1n) is 5.15. The van der Waals surface area contributed by atoms with Gasteiger partial charge in [0.1, 0.15) is 5.21 Å². The molecule has 0 aromatic rings. The number of hydrogen-bond acceptors (Lipinski definition) is 2. The van der Waals surface area contributed by atoms with Crippen LogP contribution in [-0.2, 0) is 10.0 Å². The van der Waals surface area contributed by atoms with Crippen molar-refractivity contribution in [2.75, 3.05) is 11.8 Å². The normalized spacial score (nSPS) is 23.0. The van der Waals surface area contributed by atoms with Crippen molar-refractivity contribution in [3.63, 3.8) is 0 Å². The summed E-state index contributed by atoms with van der Waals surface area (Å²) in [4.78, 5) is 0. The number of hydrogen-bond donors (Lipinski definition) is 1. The molecule has 0 unspecified atom stereocenters. The van der Waals surface area contributed by atoms with Crippen molar-refractivity contribution in [3.05, 3.63) is 0 Å². The number of alkyl halides is 1. The minimum Gasteiger partial charge on any atom is -0.214 e. The van der Waals surface area contributed by atoms with E-state index in [4.69, 9.17) is 11.6 Å². The summed E-state index contributed by atoms with van der Waals surface area (Å²) in [7, 11) is -3.21. The van der Waals surface area contributed by atoms with E-state index in [-0.39, 0.29) is 5.21 Å². The van der Waals surface area contributed by atoms with E-state index in [0.29, 0.717) is 12.5 Å². The third-order valence-corrected chi connectivity index (χ3v) is 4.89. The molecule has 2 rings (SSSR count). The molecule has 1 N–H and O–H groups in total. The highest BCUT2D eigenvalue weighted by molar-refractivity contribution is 7.90. The van der Waals surface area contributed by atoms with Gasteiger partial charge in [-0.05, 0) is 43.4 Å². The van der Waals surface area contributed by atoms with Crippen LogP contribution in [0.1, 0.15) is 25.7 Å². The Kier molecular flexibility index (Phi) is 3.05. The molecule has 0 heterocycles. The zero-order chi connectivity index (χ0) is 10.2. The van der Waals surface area contributed by atoms with Crippen LogP contribution < -0.4 is 4.72 Å². The molecular formula is C9H16ClNO2S. The summed E-state index contributed by atoms with van der Waals surface area (Å²) in [6.07, 6.45) is 5.13. The minimum atomic E-state index is -3.21. The van der Waals surface area contributed by atoms with Crippen LogP contribution in [0.2, 0.25) is 0 Å². The monoisotopic (exact) mass is 237 g/mol. The summed E-state index contributed by atoms with van der Waals surface area (Å²) in [5.74, 6) is 2.13. The van der Waals surface area contributed by atoms with Crippen LogP contribution in [-0.4, -0.2) is 20.2 Å². The van der Waals surface area contributed by atoms with Gasteiger partial charge < -0.3 is 0 Å². The van der Waals surface area contributed by atoms with Gasteiger partial charge >= 0.3 is 0 Å². The summed E-state index contributed by atoms with van der Waals surface area (Å²) >= 11 is 5.32. The van der Waals surface area contributed by atoms with Crippen molar-refractivity contribution >= 4 is 21.6 Å². The first-order valence-corrected chi connectivity index (χ1v) is 7.34. The van der Waals surface area contributed by atoms with Gasteiger partial charge in [-0.2, -0.15) is 0 Å². The highest BCUT2D eigenvalue weighted by Crippen LogP contribution is 2.48. The number of halogens is 1. The zero-order valence-corrected chi connectivity index (χ0v) is 9.65. The average molecular weight is 238 g/mol. The third kappa shape index (κ3) is 2.84. The van der Waals surface area contributed by atoms with Crippen LogP contribution >= 0.6 is 11.6 Å². The van der Waals surface area contributed by atoms with Gasteiger partial charge in [0.05, 0.1) is 0 Å². The van der Waals surface area contributed by atoms with Crippen molar-refractivity contribution in [2.45, 2.75) is 25.7 Å². The van der Waals surface area contributed by atoms with Gasteiger partial charge in [0.15, 0.2) is 0 Å². The molecule has 0 radical (unpaired) electrons. The van der Waals surface area contributed by atoms with Crippen LogP contribution in [0.5, 0.6) is 0 Å². The standard InChI is InChI=1S/C9H16ClNO2S/c10-6-14(12,13)11-5-9(7-1-2-7)8-3-4-8/h7-9,11H,1-6H2. The van der Waals surface area contributed by atoms with Gasteiger partial charge in [-0.1, -0.05) is 0 Å². The largest absolute Gasteiger partial charge is 0.225 e. The molecule has 82 valence electrons. The molecule has 2 saturated carbocycles. The van der Waals surface area contributed by atoms with E-state index in [1.54, 1.807) is 0 Å². The van der Waals surface area contributed by atoms with Crippen LogP contribution in [0.25, 0.3) is 0 Å². The molecule has 14 heavy (non-hydrogen) atoms. The van der Waals surface area contributed by atoms with Crippen molar-refractivity contribution in [1.29, 1.82) is 0 Å². The van der Waals surface area contributed by atoms with Gasteiger partial charge in [-0.25, -0.2) is 13.1 Å². The van der Waals surface area contributed by atoms with Gasteiger partial charge in [-0.3, -0.25) is 0 Å². The Balaban J connectivity index is 1.82. The second-order valence-corrected chi connectivity index (χ2v) is 6.80. The van der Waals surface area contributed by atoms with E-state index >= 15 is 0 Å². The number of nitrogens with one attached hydrogen (secondary N) is 1. The lowest BCUT2D eigenvalue weighted by Crippen LogP contribution is -2.31. The first-order chi connectivity index (χ1) is 6.62. The summed E-state index contributed by atoms with van der Waals surface area (Å²) in [6.45, 7) is 0.602. The molecule has 3 nitrogen and oxygen atoms in total. The molecule has 0 bridgehead atoms. The fraction of sp³-hybridized carbons (Fsp3) is 1.00. The molecule has 0 aromatic heterocycles. The van der Waals surface area contributed by atoms with Crippen LogP contribution in [0.15, 0.2) is 0 Å². The van der Waals surface area contributed by atoms with Crippen molar-refractivity contribution in [3.8, 4) is 0 Å². The Bertz CT molecular complexity index is 284. The maximum atomic E-state index is 11.1. The van der Waals surface area contributed by atoms with E-state index in [0.717, 1.165) is 11.8 Å². The lowest BCUT2D eigenvalue weighted by atomic mass is 9.99. The van der Waals surface area contributed by atoms with Gasteiger partial charge in [0.2, 0.25) is 10.0 Å². The number of rotatable bonds is 6. The molecule has 0 aliphatic heterocycles. The topological polar surface area (TPSA) is 46.2 Å². The second-order valence-electron chi connectivity index (χ2n) is 4.41. The maximum absolute atomic E-state index is 11.1. The quantitative estimate of drug-likeness (QED) is 0.713. The molecule has 2 aliphatic carbocycles. The Hall–Kier alpha value is 0.200. The van der Waals surface area contributed by atoms with Crippen molar-refractivity contribution in [2.24, 2.45) is 17.8 Å². The predicted octanol–water partition coefficient (Wildman–Crippen LogP) is 1.54. The van der Waals surface area contributed by atoms with E-state index in [9.17, 15) is 8.42 Å². The molecule has 0 saturated heterocycles. The molecular weight excluding hydrogens is 222 g/mol. The van der Waals surface area contributed by atoms with E-state index in [1.165, 1.54) is 25.7 Å². The molecule has 2 aliphatic rings. The first kappa shape index (κ1) is 10.7. The SMILES string of the molecule is O=S(=O)(CCl)NCC(C1CC1)C1CC1. The highest BCUT2D eigenvalue weighted by Gasteiger charge is 2.41. The lowest BCUT2D eigenvalue weighted by Gasteiger charge is -2.15. The fourth-order valence-electron chi connectivity index (χ4n) is 2.03. The predicted molar refractivity (Wildman–Crippen MR) is 56.6 cm³/mol. The van der Waals surface area contributed by atoms with Crippen LogP contribution in [0, 0.1) is 17.8 Å². The van der Waals surface area contributed by atoms with Crippen molar-refractivity contribution in [1.82, 2.24) is 4.72 Å². The summed E-state index contributed by atoms with van der Waals surface area (Å²) in [5, 5.41) is -0.324. The van der Waals surface area contributed by atoms with E-state index in [1.807, 2.05) is 0 Å². The lowest BCUT2D eigenvalue weighted by molar-refractivity contribution is 0.402. The van der Waals surface area contributed by atoms with Crippen molar-refractivity contribution < 1.29 is 8.42 Å². The Morgan fingerprint density at radius 1 is 1.21 bits per heavy atom. The Morgan fingerprint density at radius 2 is 1.71 bits per heavy atom. The Morgan fingerprint density at radius 3 is 2.07 bits per heavy atom. The van der Waals surface area contributed by atoms with Gasteiger partial charge in [-0.15, -0.1) is 11.6 Å². The molecule has 2 fully saturated rings. The van der Waals surface area contributed by atoms with E-state index in [2.05, 4.69) is 4.72 Å². The summed E-state index contributed by atoms with van der Waals surface area (Å²) in [5.41, 5.74) is 0. The molecule has 0 aromatic carbocycles. The van der Waals surface area contributed by atoms with Gasteiger partial charge in [0, 0.05) is 6.54 Å². The van der Waals surface area contributed by atoms with Gasteiger partial charge in [0.25, 0.3) is 0 Å². The smallest absolute Gasteiger partial charge is 0.214 e. The fourth-order valence-corrected chi connectivity index (χ4v) is 2.78. The summed E-state index contributed by atoms with van der Waals surface area (Å²) < 4.78 is 24.9. The molecule has 0 spiro atoms. The molecule has 5 heteroatoms. The summed E-state index contributed by atoms with van der Waals surface area (Å²) in [6, 6.07) is 0. The van der Waals surface area contributed by atoms with E-state index < -0.39 is 10.0 Å². The minimum absolute atomic E-state index is 0.324. The maximum Gasteiger partial charge on any atom is 0.225 e. The number of sulfonamides is 1. The third-order valence-electron chi connectivity index (χ3n) is 3.14. The molecule has 0 amide bonds. The molecule has 0 atom stereocenters. The van der Waals surface area contributed by atoms with Crippen LogP contribution in [0.4, 0.5) is 0 Å². The second kappa shape index (κ2) is 3.99. The average Bonchev–Trinajstić information content (AvgIpc) is 2.99. The highest BCUT2D eigenvalue weighted by atomic mass is 35.5. The van der Waals surface area contributed by atoms with Crippen LogP contribution in [0.3, 0.4) is 0 Å². The zero-order valence-electron chi connectivity index (χ0n) is 8.08.